The molecule has 0 spiro atoms. The van der Waals surface area contributed by atoms with Gasteiger partial charge in [-0.25, -0.2) is 4.79 Å². The molecule has 1 unspecified atom stereocenters. The van der Waals surface area contributed by atoms with Gasteiger partial charge in [0.05, 0.1) is 32.1 Å². The smallest absolute Gasteiger partial charge is 0.410 e. The molecule has 1 fully saturated rings. The summed E-state index contributed by atoms with van der Waals surface area (Å²) in [6.07, 6.45) is -0.230. The zero-order valence-electron chi connectivity index (χ0n) is 15.2. The predicted octanol–water partition coefficient (Wildman–Crippen LogP) is 0.779. The molecule has 0 aromatic carbocycles. The Labute approximate surface area is 142 Å². The van der Waals surface area contributed by atoms with Gasteiger partial charge < -0.3 is 24.8 Å². The minimum absolute atomic E-state index is 0.221. The van der Waals surface area contributed by atoms with Crippen LogP contribution >= 0.6 is 0 Å². The van der Waals surface area contributed by atoms with E-state index < -0.39 is 41.5 Å². The highest BCUT2D eigenvalue weighted by Crippen LogP contribution is 2.41. The van der Waals surface area contributed by atoms with Gasteiger partial charge in [0, 0.05) is 7.05 Å². The summed E-state index contributed by atoms with van der Waals surface area (Å²) in [4.78, 5) is 38.1. The highest BCUT2D eigenvalue weighted by molar-refractivity contribution is 5.84. The highest BCUT2D eigenvalue weighted by Gasteiger charge is 2.53. The lowest BCUT2D eigenvalue weighted by molar-refractivity contribution is -0.157. The lowest BCUT2D eigenvalue weighted by atomic mass is 9.92. The van der Waals surface area contributed by atoms with E-state index in [1.54, 1.807) is 20.8 Å². The molecule has 4 atom stereocenters. The average molecular weight is 344 g/mol. The molecule has 0 bridgehead atoms. The molecule has 0 heterocycles. The summed E-state index contributed by atoms with van der Waals surface area (Å²) >= 11 is 0. The summed E-state index contributed by atoms with van der Waals surface area (Å²) in [5, 5.41) is 0. The monoisotopic (exact) mass is 344 g/mol. The second kappa shape index (κ2) is 7.83. The number of hydrogen-bond donors (Lipinski definition) is 1. The van der Waals surface area contributed by atoms with Crippen molar-refractivity contribution in [3.63, 3.8) is 0 Å². The number of methoxy groups -OCH3 is 2. The van der Waals surface area contributed by atoms with Crippen molar-refractivity contribution in [1.82, 2.24) is 4.90 Å². The molecule has 138 valence electrons. The summed E-state index contributed by atoms with van der Waals surface area (Å²) in [6, 6.07) is -0.596. The van der Waals surface area contributed by atoms with Crippen molar-refractivity contribution >= 4 is 18.0 Å². The Morgan fingerprint density at radius 2 is 1.67 bits per heavy atom. The Morgan fingerprint density at radius 3 is 2.08 bits per heavy atom. The van der Waals surface area contributed by atoms with E-state index in [0.29, 0.717) is 6.42 Å². The maximum absolute atomic E-state index is 12.4. The number of esters is 2. The summed E-state index contributed by atoms with van der Waals surface area (Å²) < 4.78 is 15.0. The third-order valence-corrected chi connectivity index (χ3v) is 4.25. The normalized spacial score (nSPS) is 26.6. The molecule has 0 aromatic rings. The van der Waals surface area contributed by atoms with Crippen LogP contribution in [0.2, 0.25) is 0 Å². The van der Waals surface area contributed by atoms with E-state index in [4.69, 9.17) is 19.9 Å². The molecular weight excluding hydrogens is 316 g/mol. The molecule has 24 heavy (non-hydrogen) atoms. The number of nitrogens with two attached hydrogens (primary N) is 1. The minimum atomic E-state index is -0.839. The standard InChI is InChI=1S/C16H28N2O6/c1-16(2,3)24-15(21)18(4)12-9(8-17)7-10(13(19)22-5)11(12)14(20)23-6/h9-12H,7-8,17H2,1-6H3/t9-,10?,11+,12+/m1/s1. The van der Waals surface area contributed by atoms with Gasteiger partial charge in [0.2, 0.25) is 0 Å². The van der Waals surface area contributed by atoms with Crippen LogP contribution in [0.15, 0.2) is 0 Å². The van der Waals surface area contributed by atoms with Gasteiger partial charge in [-0.15, -0.1) is 0 Å². The van der Waals surface area contributed by atoms with Crippen molar-refractivity contribution in [1.29, 1.82) is 0 Å². The van der Waals surface area contributed by atoms with Crippen molar-refractivity contribution in [3.05, 3.63) is 0 Å². The van der Waals surface area contributed by atoms with Crippen molar-refractivity contribution in [3.8, 4) is 0 Å². The maximum atomic E-state index is 12.4. The van der Waals surface area contributed by atoms with Gasteiger partial charge in [0.15, 0.2) is 0 Å². The molecule has 0 radical (unpaired) electrons. The van der Waals surface area contributed by atoms with Gasteiger partial charge in [-0.05, 0) is 39.7 Å². The molecule has 8 heteroatoms. The van der Waals surface area contributed by atoms with E-state index in [9.17, 15) is 14.4 Å². The number of carbonyl (C=O) groups is 3. The summed E-state index contributed by atoms with van der Waals surface area (Å²) in [5.74, 6) is -2.86. The lowest BCUT2D eigenvalue weighted by Gasteiger charge is -2.34. The Morgan fingerprint density at radius 1 is 1.12 bits per heavy atom. The quantitative estimate of drug-likeness (QED) is 0.593. The predicted molar refractivity (Wildman–Crippen MR) is 86.0 cm³/mol. The first-order valence-electron chi connectivity index (χ1n) is 7.88. The zero-order valence-corrected chi connectivity index (χ0v) is 15.2. The van der Waals surface area contributed by atoms with Crippen LogP contribution in [0.3, 0.4) is 0 Å². The minimum Gasteiger partial charge on any atom is -0.469 e. The van der Waals surface area contributed by atoms with Crippen molar-refractivity contribution in [2.24, 2.45) is 23.5 Å². The van der Waals surface area contributed by atoms with E-state index in [0.717, 1.165) is 0 Å². The third kappa shape index (κ3) is 4.37. The first kappa shape index (κ1) is 20.2. The van der Waals surface area contributed by atoms with Crippen molar-refractivity contribution < 1.29 is 28.6 Å². The van der Waals surface area contributed by atoms with Crippen LogP contribution in [0.25, 0.3) is 0 Å². The Bertz CT molecular complexity index is 487. The fourth-order valence-electron chi connectivity index (χ4n) is 3.23. The topological polar surface area (TPSA) is 108 Å². The molecule has 1 rings (SSSR count). The molecule has 0 saturated heterocycles. The summed E-state index contributed by atoms with van der Waals surface area (Å²) in [6.45, 7) is 5.48. The van der Waals surface area contributed by atoms with E-state index in [1.165, 1.54) is 26.2 Å². The van der Waals surface area contributed by atoms with Gasteiger partial charge in [-0.1, -0.05) is 0 Å². The van der Waals surface area contributed by atoms with Gasteiger partial charge >= 0.3 is 18.0 Å². The lowest BCUT2D eigenvalue weighted by Crippen LogP contribution is -2.49. The van der Waals surface area contributed by atoms with E-state index >= 15 is 0 Å². The van der Waals surface area contributed by atoms with Crippen molar-refractivity contribution in [2.45, 2.75) is 38.8 Å². The van der Waals surface area contributed by atoms with Crippen LogP contribution < -0.4 is 5.73 Å². The first-order valence-corrected chi connectivity index (χ1v) is 7.88. The molecule has 1 aliphatic rings. The molecule has 0 aliphatic heterocycles. The number of carbonyl (C=O) groups excluding carboxylic acids is 3. The van der Waals surface area contributed by atoms with E-state index in [-0.39, 0.29) is 12.5 Å². The van der Waals surface area contributed by atoms with Gasteiger partial charge in [-0.3, -0.25) is 9.59 Å². The maximum Gasteiger partial charge on any atom is 0.410 e. The molecule has 8 nitrogen and oxygen atoms in total. The van der Waals surface area contributed by atoms with Crippen LogP contribution in [0.1, 0.15) is 27.2 Å². The fourth-order valence-corrected chi connectivity index (χ4v) is 3.23. The van der Waals surface area contributed by atoms with E-state index in [2.05, 4.69) is 0 Å². The summed E-state index contributed by atoms with van der Waals surface area (Å²) in [7, 11) is 4.05. The molecule has 1 saturated carbocycles. The SMILES string of the molecule is COC(=O)C1C[C@H](CN)[C@H](N(C)C(=O)OC(C)(C)C)[C@H]1C(=O)OC. The summed E-state index contributed by atoms with van der Waals surface area (Å²) in [5.41, 5.74) is 5.14. The molecule has 1 aliphatic carbocycles. The van der Waals surface area contributed by atoms with Crippen LogP contribution in [-0.4, -0.2) is 62.4 Å². The molecule has 1 amide bonds. The number of hydrogen-bond acceptors (Lipinski definition) is 7. The molecular formula is C16H28N2O6. The highest BCUT2D eigenvalue weighted by atomic mass is 16.6. The van der Waals surface area contributed by atoms with Crippen LogP contribution in [0, 0.1) is 17.8 Å². The second-order valence-corrected chi connectivity index (χ2v) is 6.99. The van der Waals surface area contributed by atoms with Crippen LogP contribution in [0.4, 0.5) is 4.79 Å². The van der Waals surface area contributed by atoms with Crippen molar-refractivity contribution in [2.75, 3.05) is 27.8 Å². The van der Waals surface area contributed by atoms with Crippen LogP contribution in [-0.2, 0) is 23.8 Å². The molecule has 0 aromatic heterocycles. The Hall–Kier alpha value is -1.83. The fraction of sp³-hybridized carbons (Fsp3) is 0.812. The molecule has 2 N–H and O–H groups in total. The van der Waals surface area contributed by atoms with Gasteiger partial charge in [-0.2, -0.15) is 0 Å². The second-order valence-electron chi connectivity index (χ2n) is 6.99. The number of ether oxygens (including phenoxy) is 3. The third-order valence-electron chi connectivity index (χ3n) is 4.25. The average Bonchev–Trinajstić information content (AvgIpc) is 2.90. The Balaban J connectivity index is 3.16. The zero-order chi connectivity index (χ0) is 18.7. The number of nitrogens with zero attached hydrogens (tertiary/aromatic N) is 1. The van der Waals surface area contributed by atoms with Gasteiger partial charge in [0.25, 0.3) is 0 Å². The number of amides is 1. The van der Waals surface area contributed by atoms with Crippen LogP contribution in [0.5, 0.6) is 0 Å². The largest absolute Gasteiger partial charge is 0.469 e. The first-order chi connectivity index (χ1) is 11.1. The van der Waals surface area contributed by atoms with E-state index in [1.807, 2.05) is 0 Å². The van der Waals surface area contributed by atoms with Gasteiger partial charge in [0.1, 0.15) is 5.60 Å². The Kier molecular flexibility index (Phi) is 6.59. The number of rotatable bonds is 4.